The third-order valence-electron chi connectivity index (χ3n) is 4.56. The number of amides is 1. The molecule has 2 N–H and O–H groups in total. The van der Waals surface area contributed by atoms with Crippen LogP contribution in [0.4, 0.5) is 0 Å². The van der Waals surface area contributed by atoms with E-state index >= 15 is 0 Å². The second kappa shape index (κ2) is 8.65. The van der Waals surface area contributed by atoms with Crippen molar-refractivity contribution in [1.29, 1.82) is 0 Å². The van der Waals surface area contributed by atoms with Crippen molar-refractivity contribution in [3.8, 4) is 0 Å². The molecule has 24 heavy (non-hydrogen) atoms. The molecule has 0 aromatic heterocycles. The second-order valence-corrected chi connectivity index (χ2v) is 6.68. The van der Waals surface area contributed by atoms with Crippen molar-refractivity contribution >= 4 is 5.91 Å². The molecule has 0 aliphatic heterocycles. The predicted molar refractivity (Wildman–Crippen MR) is 97.9 cm³/mol. The highest BCUT2D eigenvalue weighted by atomic mass is 16.1. The van der Waals surface area contributed by atoms with E-state index in [1.165, 1.54) is 24.0 Å². The number of carbonyl (C=O) groups is 1. The molecule has 1 aliphatic carbocycles. The van der Waals surface area contributed by atoms with Gasteiger partial charge in [0.15, 0.2) is 0 Å². The van der Waals surface area contributed by atoms with Gasteiger partial charge in [-0.25, -0.2) is 0 Å². The Morgan fingerprint density at radius 2 is 1.67 bits per heavy atom. The van der Waals surface area contributed by atoms with Gasteiger partial charge in [0, 0.05) is 12.5 Å². The van der Waals surface area contributed by atoms with E-state index in [0.717, 1.165) is 18.9 Å². The Hall–Kier alpha value is -2.13. The summed E-state index contributed by atoms with van der Waals surface area (Å²) in [7, 11) is 0. The van der Waals surface area contributed by atoms with Crippen molar-refractivity contribution in [1.82, 2.24) is 10.6 Å². The average molecular weight is 322 g/mol. The molecule has 1 aliphatic rings. The van der Waals surface area contributed by atoms with E-state index in [1.807, 2.05) is 12.1 Å². The molecular weight excluding hydrogens is 296 g/mol. The van der Waals surface area contributed by atoms with Gasteiger partial charge in [0.25, 0.3) is 0 Å². The van der Waals surface area contributed by atoms with Crippen LogP contribution >= 0.6 is 0 Å². The van der Waals surface area contributed by atoms with Crippen LogP contribution < -0.4 is 10.6 Å². The molecule has 0 spiro atoms. The number of nitrogens with one attached hydrogen (secondary N) is 2. The molecule has 2 aromatic carbocycles. The van der Waals surface area contributed by atoms with Crippen molar-refractivity contribution < 1.29 is 4.79 Å². The lowest BCUT2D eigenvalue weighted by atomic mass is 9.92. The fourth-order valence-electron chi connectivity index (χ4n) is 2.94. The van der Waals surface area contributed by atoms with E-state index in [2.05, 4.69) is 59.2 Å². The molecule has 0 saturated heterocycles. The Kier molecular flexibility index (Phi) is 6.02. The Labute approximate surface area is 144 Å². The summed E-state index contributed by atoms with van der Waals surface area (Å²) in [6.07, 6.45) is 3.55. The monoisotopic (exact) mass is 322 g/mol. The van der Waals surface area contributed by atoms with Crippen molar-refractivity contribution in [2.24, 2.45) is 5.92 Å². The standard InChI is InChI=1S/C21H26N2O/c24-21(16-22-14-18-11-12-18)23-15-20(19-9-5-2-6-10-19)13-17-7-3-1-4-8-17/h1-10,18,20,22H,11-16H2,(H,23,24). The zero-order valence-electron chi connectivity index (χ0n) is 14.1. The van der Waals surface area contributed by atoms with Crippen LogP contribution in [-0.4, -0.2) is 25.5 Å². The number of hydrogen-bond donors (Lipinski definition) is 2. The number of rotatable bonds is 9. The average Bonchev–Trinajstić information content (AvgIpc) is 3.44. The van der Waals surface area contributed by atoms with Crippen molar-refractivity contribution in [2.75, 3.05) is 19.6 Å². The van der Waals surface area contributed by atoms with Gasteiger partial charge in [-0.3, -0.25) is 4.79 Å². The van der Waals surface area contributed by atoms with Gasteiger partial charge in [0.2, 0.25) is 5.91 Å². The lowest BCUT2D eigenvalue weighted by molar-refractivity contribution is -0.120. The molecule has 3 rings (SSSR count). The molecule has 1 amide bonds. The maximum absolute atomic E-state index is 12.1. The van der Waals surface area contributed by atoms with Crippen LogP contribution in [0.5, 0.6) is 0 Å². The summed E-state index contributed by atoms with van der Waals surface area (Å²) < 4.78 is 0. The third kappa shape index (κ3) is 5.50. The van der Waals surface area contributed by atoms with E-state index in [-0.39, 0.29) is 5.91 Å². The SMILES string of the molecule is O=C(CNCC1CC1)NCC(Cc1ccccc1)c1ccccc1. The highest BCUT2D eigenvalue weighted by molar-refractivity contribution is 5.78. The molecule has 126 valence electrons. The van der Waals surface area contributed by atoms with Crippen LogP contribution in [0.15, 0.2) is 60.7 Å². The zero-order chi connectivity index (χ0) is 16.6. The minimum atomic E-state index is 0.0876. The lowest BCUT2D eigenvalue weighted by Crippen LogP contribution is -2.37. The smallest absolute Gasteiger partial charge is 0.233 e. The molecule has 3 nitrogen and oxygen atoms in total. The van der Waals surface area contributed by atoms with Gasteiger partial charge in [-0.15, -0.1) is 0 Å². The predicted octanol–water partition coefficient (Wildman–Crippen LogP) is 3.13. The van der Waals surface area contributed by atoms with Gasteiger partial charge in [-0.2, -0.15) is 0 Å². The third-order valence-corrected chi connectivity index (χ3v) is 4.56. The van der Waals surface area contributed by atoms with Gasteiger partial charge in [-0.1, -0.05) is 60.7 Å². The van der Waals surface area contributed by atoms with Gasteiger partial charge < -0.3 is 10.6 Å². The van der Waals surface area contributed by atoms with Gasteiger partial charge >= 0.3 is 0 Å². The molecule has 1 atom stereocenters. The van der Waals surface area contributed by atoms with Crippen LogP contribution in [0, 0.1) is 5.92 Å². The van der Waals surface area contributed by atoms with Crippen LogP contribution in [0.3, 0.4) is 0 Å². The first-order valence-electron chi connectivity index (χ1n) is 8.87. The number of carbonyl (C=O) groups excluding carboxylic acids is 1. The minimum Gasteiger partial charge on any atom is -0.354 e. The first-order chi connectivity index (χ1) is 11.8. The normalized spacial score (nSPS) is 15.0. The Morgan fingerprint density at radius 1 is 1.00 bits per heavy atom. The first kappa shape index (κ1) is 16.7. The fraction of sp³-hybridized carbons (Fsp3) is 0.381. The largest absolute Gasteiger partial charge is 0.354 e. The molecule has 0 bridgehead atoms. The number of benzene rings is 2. The Bertz CT molecular complexity index is 623. The van der Waals surface area contributed by atoms with Crippen LogP contribution in [0.25, 0.3) is 0 Å². The van der Waals surface area contributed by atoms with Gasteiger partial charge in [0.05, 0.1) is 6.54 Å². The first-order valence-corrected chi connectivity index (χ1v) is 8.87. The zero-order valence-corrected chi connectivity index (χ0v) is 14.1. The van der Waals surface area contributed by atoms with Crippen LogP contribution in [0.2, 0.25) is 0 Å². The minimum absolute atomic E-state index is 0.0876. The van der Waals surface area contributed by atoms with Crippen molar-refractivity contribution in [2.45, 2.75) is 25.2 Å². The highest BCUT2D eigenvalue weighted by Crippen LogP contribution is 2.27. The van der Waals surface area contributed by atoms with E-state index in [1.54, 1.807) is 0 Å². The molecular formula is C21H26N2O. The molecule has 1 fully saturated rings. The summed E-state index contributed by atoms with van der Waals surface area (Å²) in [5.74, 6) is 1.18. The van der Waals surface area contributed by atoms with Crippen LogP contribution in [-0.2, 0) is 11.2 Å². The lowest BCUT2D eigenvalue weighted by Gasteiger charge is -2.18. The molecule has 1 saturated carbocycles. The van der Waals surface area contributed by atoms with E-state index < -0.39 is 0 Å². The summed E-state index contributed by atoms with van der Waals surface area (Å²) in [4.78, 5) is 12.1. The molecule has 2 aromatic rings. The topological polar surface area (TPSA) is 41.1 Å². The van der Waals surface area contributed by atoms with Crippen LogP contribution in [0.1, 0.15) is 29.9 Å². The quantitative estimate of drug-likeness (QED) is 0.745. The highest BCUT2D eigenvalue weighted by Gasteiger charge is 2.20. The summed E-state index contributed by atoms with van der Waals surface area (Å²) in [5, 5.41) is 6.34. The number of hydrogen-bond acceptors (Lipinski definition) is 2. The molecule has 3 heteroatoms. The fourth-order valence-corrected chi connectivity index (χ4v) is 2.94. The van der Waals surface area contributed by atoms with Gasteiger partial charge in [0.1, 0.15) is 0 Å². The summed E-state index contributed by atoms with van der Waals surface area (Å²) in [6, 6.07) is 20.9. The Balaban J connectivity index is 1.54. The van der Waals surface area contributed by atoms with E-state index in [9.17, 15) is 4.79 Å². The van der Waals surface area contributed by atoms with Crippen molar-refractivity contribution in [3.63, 3.8) is 0 Å². The van der Waals surface area contributed by atoms with Gasteiger partial charge in [-0.05, 0) is 42.9 Å². The maximum Gasteiger partial charge on any atom is 0.233 e. The summed E-state index contributed by atoms with van der Waals surface area (Å²) in [5.41, 5.74) is 2.57. The van der Waals surface area contributed by atoms with E-state index in [4.69, 9.17) is 0 Å². The summed E-state index contributed by atoms with van der Waals surface area (Å²) in [6.45, 7) is 2.06. The second-order valence-electron chi connectivity index (χ2n) is 6.68. The van der Waals surface area contributed by atoms with E-state index in [0.29, 0.717) is 19.0 Å². The maximum atomic E-state index is 12.1. The molecule has 0 radical (unpaired) electrons. The molecule has 1 unspecified atom stereocenters. The Morgan fingerprint density at radius 3 is 2.33 bits per heavy atom. The summed E-state index contributed by atoms with van der Waals surface area (Å²) >= 11 is 0. The van der Waals surface area contributed by atoms with Crippen molar-refractivity contribution in [3.05, 3.63) is 71.8 Å². The molecule has 0 heterocycles.